The van der Waals surface area contributed by atoms with E-state index in [-0.39, 0.29) is 17.3 Å². The van der Waals surface area contributed by atoms with Crippen molar-refractivity contribution in [3.8, 4) is 11.5 Å². The Labute approximate surface area is 151 Å². The highest BCUT2D eigenvalue weighted by atomic mass is 16.5. The number of nitrogens with zero attached hydrogens (tertiary/aromatic N) is 1. The number of aryl methyl sites for hydroxylation is 1. The van der Waals surface area contributed by atoms with Crippen molar-refractivity contribution in [2.24, 2.45) is 7.05 Å². The van der Waals surface area contributed by atoms with Gasteiger partial charge in [0.2, 0.25) is 5.78 Å². The van der Waals surface area contributed by atoms with Crippen LogP contribution in [0.15, 0.2) is 48.4 Å². The number of benzene rings is 2. The van der Waals surface area contributed by atoms with E-state index in [2.05, 4.69) is 0 Å². The average molecular weight is 348 g/mol. The van der Waals surface area contributed by atoms with Gasteiger partial charge in [-0.2, -0.15) is 0 Å². The number of carbonyl (C=O) groups excluding carboxylic acids is 1. The maximum Gasteiger partial charge on any atom is 0.231 e. The molecule has 132 valence electrons. The summed E-state index contributed by atoms with van der Waals surface area (Å²) in [6.07, 6.45) is 3.74. The summed E-state index contributed by atoms with van der Waals surface area (Å²) in [6, 6.07) is 11.0. The third kappa shape index (κ3) is 2.57. The van der Waals surface area contributed by atoms with Crippen molar-refractivity contribution in [2.75, 3.05) is 14.1 Å². The van der Waals surface area contributed by atoms with Crippen molar-refractivity contribution in [3.05, 3.63) is 65.0 Å². The molecule has 1 aliphatic heterocycles. The zero-order chi connectivity index (χ0) is 18.4. The van der Waals surface area contributed by atoms with Gasteiger partial charge in [0, 0.05) is 35.3 Å². The molecule has 4 rings (SSSR count). The van der Waals surface area contributed by atoms with Gasteiger partial charge in [-0.15, -0.1) is 0 Å². The number of para-hydroxylation sites is 1. The number of hydrogen-bond donors (Lipinski definition) is 1. The summed E-state index contributed by atoms with van der Waals surface area (Å²) in [5, 5.41) is 13.3. The molecule has 2 heterocycles. The smallest absolute Gasteiger partial charge is 0.231 e. The van der Waals surface area contributed by atoms with Crippen LogP contribution in [0.25, 0.3) is 17.0 Å². The number of carbonyl (C=O) groups is 1. The van der Waals surface area contributed by atoms with E-state index in [1.807, 2.05) is 56.2 Å². The van der Waals surface area contributed by atoms with Gasteiger partial charge in [0.25, 0.3) is 0 Å². The lowest BCUT2D eigenvalue weighted by atomic mass is 10.0. The fourth-order valence-corrected chi connectivity index (χ4v) is 3.44. The number of Topliss-reactive ketones (excluding diaryl/α,β-unsaturated/α-hetero) is 1. The van der Waals surface area contributed by atoms with Crippen molar-refractivity contribution in [1.82, 2.24) is 4.57 Å². The lowest BCUT2D eigenvalue weighted by Gasteiger charge is -2.17. The molecule has 3 aromatic rings. The molecule has 0 unspecified atom stereocenters. The fourth-order valence-electron chi connectivity index (χ4n) is 3.44. The van der Waals surface area contributed by atoms with Crippen LogP contribution >= 0.6 is 0 Å². The molecule has 1 aliphatic rings. The number of aromatic nitrogens is 1. The Morgan fingerprint density at radius 3 is 2.73 bits per heavy atom. The van der Waals surface area contributed by atoms with E-state index >= 15 is 0 Å². The van der Waals surface area contributed by atoms with Gasteiger partial charge < -0.3 is 19.3 Å². The first-order valence-corrected chi connectivity index (χ1v) is 8.56. The number of nitrogens with one attached hydrogen (secondary N) is 1. The molecule has 0 fully saturated rings. The standard InChI is InChI=1S/C21H20N2O3/c1-22(2)12-16-18(24)9-8-15-20(25)19(26-21(15)16)10-13-11-23(3)17-7-5-4-6-14(13)17/h4-11,24H,12H2,1-3H3/b19-10-. The minimum absolute atomic E-state index is 0.0934. The van der Waals surface area contributed by atoms with E-state index in [1.165, 1.54) is 6.07 Å². The molecular formula is C21H20N2O3. The minimum Gasteiger partial charge on any atom is -0.872 e. The summed E-state index contributed by atoms with van der Waals surface area (Å²) < 4.78 is 7.90. The number of fused-ring (bicyclic) bond motifs is 2. The molecule has 0 saturated heterocycles. The van der Waals surface area contributed by atoms with Crippen LogP contribution in [0, 0.1) is 0 Å². The predicted octanol–water partition coefficient (Wildman–Crippen LogP) is 1.51. The Morgan fingerprint density at radius 1 is 1.19 bits per heavy atom. The first-order valence-electron chi connectivity index (χ1n) is 8.56. The molecule has 1 N–H and O–H groups in total. The Morgan fingerprint density at radius 2 is 1.96 bits per heavy atom. The summed E-state index contributed by atoms with van der Waals surface area (Å²) in [5.41, 5.74) is 3.02. The number of ketones is 1. The van der Waals surface area contributed by atoms with Crippen LogP contribution in [0.3, 0.4) is 0 Å². The molecule has 0 bridgehead atoms. The van der Waals surface area contributed by atoms with E-state index in [4.69, 9.17) is 4.74 Å². The summed E-state index contributed by atoms with van der Waals surface area (Å²) in [4.78, 5) is 13.9. The van der Waals surface area contributed by atoms with Crippen molar-refractivity contribution in [1.29, 1.82) is 0 Å². The molecule has 0 amide bonds. The SMILES string of the molecule is Cn1cc(/C=C2\Oc3c(ccc([O-])c3C[NH+](C)C)C2=O)c2ccccc21. The summed E-state index contributed by atoms with van der Waals surface area (Å²) in [7, 11) is 5.89. The highest BCUT2D eigenvalue weighted by Crippen LogP contribution is 2.38. The highest BCUT2D eigenvalue weighted by molar-refractivity contribution is 6.15. The average Bonchev–Trinajstić information content (AvgIpc) is 3.09. The number of rotatable bonds is 3. The van der Waals surface area contributed by atoms with Gasteiger partial charge in [-0.25, -0.2) is 0 Å². The molecular weight excluding hydrogens is 328 g/mol. The van der Waals surface area contributed by atoms with E-state index in [0.29, 0.717) is 23.4 Å². The second-order valence-corrected chi connectivity index (χ2v) is 6.96. The third-order valence-corrected chi connectivity index (χ3v) is 4.64. The molecule has 2 aromatic carbocycles. The van der Waals surface area contributed by atoms with Crippen molar-refractivity contribution >= 4 is 22.8 Å². The van der Waals surface area contributed by atoms with Gasteiger partial charge >= 0.3 is 0 Å². The first kappa shape index (κ1) is 16.4. The summed E-state index contributed by atoms with van der Waals surface area (Å²) in [5.74, 6) is 0.402. The molecule has 5 nitrogen and oxygen atoms in total. The van der Waals surface area contributed by atoms with Crippen molar-refractivity contribution < 1.29 is 19.5 Å². The second kappa shape index (κ2) is 6.04. The Hall–Kier alpha value is -3.05. The number of ether oxygens (including phenoxy) is 1. The molecule has 0 aliphatic carbocycles. The van der Waals surface area contributed by atoms with Crippen LogP contribution in [0.2, 0.25) is 0 Å². The molecule has 26 heavy (non-hydrogen) atoms. The lowest BCUT2D eigenvalue weighted by Crippen LogP contribution is -3.04. The van der Waals surface area contributed by atoms with Gasteiger partial charge in [-0.05, 0) is 18.2 Å². The predicted molar refractivity (Wildman–Crippen MR) is 98.3 cm³/mol. The minimum atomic E-state index is -0.178. The topological polar surface area (TPSA) is 58.7 Å². The van der Waals surface area contributed by atoms with E-state index in [1.54, 1.807) is 12.1 Å². The quantitative estimate of drug-likeness (QED) is 0.730. The van der Waals surface area contributed by atoms with Crippen LogP contribution in [-0.4, -0.2) is 24.4 Å². The van der Waals surface area contributed by atoms with Crippen LogP contribution in [0.1, 0.15) is 21.5 Å². The zero-order valence-electron chi connectivity index (χ0n) is 15.0. The van der Waals surface area contributed by atoms with Crippen LogP contribution in [0.5, 0.6) is 11.5 Å². The largest absolute Gasteiger partial charge is 0.872 e. The second-order valence-electron chi connectivity index (χ2n) is 6.96. The lowest BCUT2D eigenvalue weighted by molar-refractivity contribution is -0.872. The van der Waals surface area contributed by atoms with E-state index < -0.39 is 0 Å². The fraction of sp³-hybridized carbons (Fsp3) is 0.190. The van der Waals surface area contributed by atoms with Crippen molar-refractivity contribution in [3.63, 3.8) is 0 Å². The maximum absolute atomic E-state index is 12.8. The van der Waals surface area contributed by atoms with Crippen LogP contribution in [0.4, 0.5) is 0 Å². The monoisotopic (exact) mass is 348 g/mol. The van der Waals surface area contributed by atoms with Gasteiger partial charge in [0.15, 0.2) is 5.76 Å². The molecule has 5 heteroatoms. The van der Waals surface area contributed by atoms with Gasteiger partial charge in [0.1, 0.15) is 12.3 Å². The maximum atomic E-state index is 12.8. The third-order valence-electron chi connectivity index (χ3n) is 4.64. The Balaban J connectivity index is 1.80. The molecule has 0 spiro atoms. The van der Waals surface area contributed by atoms with Crippen LogP contribution in [-0.2, 0) is 13.6 Å². The zero-order valence-corrected chi connectivity index (χ0v) is 15.0. The number of hydrogen-bond acceptors (Lipinski definition) is 3. The molecule has 1 aromatic heterocycles. The summed E-state index contributed by atoms with van der Waals surface area (Å²) >= 11 is 0. The van der Waals surface area contributed by atoms with Crippen LogP contribution < -0.4 is 14.7 Å². The van der Waals surface area contributed by atoms with Gasteiger partial charge in [0.05, 0.1) is 19.7 Å². The van der Waals surface area contributed by atoms with Gasteiger partial charge in [-0.1, -0.05) is 30.0 Å². The Bertz CT molecular complexity index is 1060. The highest BCUT2D eigenvalue weighted by Gasteiger charge is 2.30. The molecule has 0 saturated carbocycles. The molecule has 0 radical (unpaired) electrons. The normalized spacial score (nSPS) is 15.1. The van der Waals surface area contributed by atoms with Crippen molar-refractivity contribution in [2.45, 2.75) is 6.54 Å². The first-order chi connectivity index (χ1) is 12.5. The molecule has 0 atom stereocenters. The van der Waals surface area contributed by atoms with E-state index in [0.717, 1.165) is 21.4 Å². The van der Waals surface area contributed by atoms with E-state index in [9.17, 15) is 9.90 Å². The van der Waals surface area contributed by atoms with Gasteiger partial charge in [-0.3, -0.25) is 4.79 Å². The summed E-state index contributed by atoms with van der Waals surface area (Å²) in [6.45, 7) is 0.511. The number of quaternary nitrogens is 1. The number of allylic oxidation sites excluding steroid dienone is 1. The Kier molecular flexibility index (Phi) is 3.81.